The fraction of sp³-hybridized carbons (Fsp3) is 0.552. The minimum absolute atomic E-state index is 0.0317. The van der Waals surface area contributed by atoms with E-state index in [-0.39, 0.29) is 35.0 Å². The molecule has 0 aromatic heterocycles. The number of carbonyl (C=O) groups is 1. The van der Waals surface area contributed by atoms with Crippen LogP contribution in [0.25, 0.3) is 0 Å². The highest BCUT2D eigenvalue weighted by Crippen LogP contribution is 2.53. The molecule has 1 aliphatic heterocycles. The van der Waals surface area contributed by atoms with Crippen LogP contribution < -0.4 is 0 Å². The van der Waals surface area contributed by atoms with E-state index in [1.807, 2.05) is 30.3 Å². The Bertz CT molecular complexity index is 829. The summed E-state index contributed by atoms with van der Waals surface area (Å²) in [6, 6.07) is 20.3. The van der Waals surface area contributed by atoms with E-state index in [9.17, 15) is 4.79 Å². The van der Waals surface area contributed by atoms with Gasteiger partial charge in [0.1, 0.15) is 6.10 Å². The van der Waals surface area contributed by atoms with Crippen molar-refractivity contribution >= 4 is 5.97 Å². The van der Waals surface area contributed by atoms with Crippen molar-refractivity contribution in [3.63, 3.8) is 0 Å². The summed E-state index contributed by atoms with van der Waals surface area (Å²) in [6.45, 7) is 14.8. The van der Waals surface area contributed by atoms with Gasteiger partial charge in [-0.3, -0.25) is 4.90 Å². The molecule has 0 saturated carbocycles. The highest BCUT2D eigenvalue weighted by Gasteiger charge is 2.59. The Morgan fingerprint density at radius 3 is 1.66 bits per heavy atom. The highest BCUT2D eigenvalue weighted by molar-refractivity contribution is 5.89. The van der Waals surface area contributed by atoms with Gasteiger partial charge in [-0.1, -0.05) is 90.1 Å². The van der Waals surface area contributed by atoms with Gasteiger partial charge in [0.05, 0.1) is 5.56 Å². The lowest BCUT2D eigenvalue weighted by Crippen LogP contribution is -2.73. The zero-order valence-electron chi connectivity index (χ0n) is 20.8. The SMILES string of the molecule is CCC1(CC)C(C)C(OC(=O)c2ccccc2)C(C)C(CC)(CC)N1Cc1ccccc1. The van der Waals surface area contributed by atoms with E-state index in [0.29, 0.717) is 5.56 Å². The molecule has 2 aromatic rings. The average Bonchev–Trinajstić information content (AvgIpc) is 2.84. The third-order valence-electron chi connectivity index (χ3n) is 8.64. The van der Waals surface area contributed by atoms with Crippen LogP contribution >= 0.6 is 0 Å². The number of ether oxygens (including phenoxy) is 1. The van der Waals surface area contributed by atoms with Crippen LogP contribution in [0.5, 0.6) is 0 Å². The zero-order valence-corrected chi connectivity index (χ0v) is 20.8. The van der Waals surface area contributed by atoms with Crippen LogP contribution in [0.15, 0.2) is 60.7 Å². The largest absolute Gasteiger partial charge is 0.458 e. The van der Waals surface area contributed by atoms with Gasteiger partial charge >= 0.3 is 5.97 Å². The smallest absolute Gasteiger partial charge is 0.338 e. The van der Waals surface area contributed by atoms with Crippen molar-refractivity contribution in [3.05, 3.63) is 71.8 Å². The Labute approximate surface area is 195 Å². The molecular weight excluding hydrogens is 394 g/mol. The second-order valence-electron chi connectivity index (χ2n) is 9.51. The van der Waals surface area contributed by atoms with Crippen LogP contribution in [-0.2, 0) is 11.3 Å². The van der Waals surface area contributed by atoms with Gasteiger partial charge in [-0.25, -0.2) is 4.79 Å². The Kier molecular flexibility index (Phi) is 7.82. The van der Waals surface area contributed by atoms with Crippen molar-refractivity contribution in [1.82, 2.24) is 4.90 Å². The molecule has 1 heterocycles. The minimum Gasteiger partial charge on any atom is -0.458 e. The summed E-state index contributed by atoms with van der Waals surface area (Å²) in [5.74, 6) is 0.262. The number of likely N-dealkylation sites (tertiary alicyclic amines) is 1. The van der Waals surface area contributed by atoms with Gasteiger partial charge in [-0.15, -0.1) is 0 Å². The molecule has 0 spiro atoms. The van der Waals surface area contributed by atoms with Gasteiger partial charge in [0.15, 0.2) is 0 Å². The first-order chi connectivity index (χ1) is 15.4. The van der Waals surface area contributed by atoms with Crippen molar-refractivity contribution in [1.29, 1.82) is 0 Å². The fourth-order valence-corrected chi connectivity index (χ4v) is 6.58. The Morgan fingerprint density at radius 1 is 0.781 bits per heavy atom. The van der Waals surface area contributed by atoms with Crippen molar-refractivity contribution in [2.45, 2.75) is 91.0 Å². The van der Waals surface area contributed by atoms with Gasteiger partial charge in [0.25, 0.3) is 0 Å². The standard InChI is InChI=1S/C29H41NO2/c1-7-28(8-2)22(5)26(32-27(31)25-19-15-12-16-20-25)23(6)29(9-3,10-4)30(28)21-24-17-13-11-14-18-24/h11-20,22-23,26H,7-10,21H2,1-6H3. The molecule has 3 nitrogen and oxygen atoms in total. The molecule has 3 rings (SSSR count). The molecule has 0 bridgehead atoms. The predicted molar refractivity (Wildman–Crippen MR) is 133 cm³/mol. The molecule has 1 aliphatic rings. The van der Waals surface area contributed by atoms with Crippen molar-refractivity contribution in [2.24, 2.45) is 11.8 Å². The van der Waals surface area contributed by atoms with E-state index in [1.165, 1.54) is 5.56 Å². The van der Waals surface area contributed by atoms with Crippen LogP contribution in [0.1, 0.15) is 83.1 Å². The van der Waals surface area contributed by atoms with E-state index in [0.717, 1.165) is 32.2 Å². The molecular formula is C29H41NO2. The van der Waals surface area contributed by atoms with Gasteiger partial charge in [-0.2, -0.15) is 0 Å². The lowest BCUT2D eigenvalue weighted by molar-refractivity contribution is -0.191. The first-order valence-electron chi connectivity index (χ1n) is 12.5. The van der Waals surface area contributed by atoms with Crippen LogP contribution in [0.2, 0.25) is 0 Å². The van der Waals surface area contributed by atoms with E-state index in [1.54, 1.807) is 0 Å². The monoisotopic (exact) mass is 435 g/mol. The first-order valence-corrected chi connectivity index (χ1v) is 12.5. The number of piperidine rings is 1. The maximum Gasteiger partial charge on any atom is 0.338 e. The van der Waals surface area contributed by atoms with Gasteiger partial charge in [-0.05, 0) is 43.4 Å². The van der Waals surface area contributed by atoms with Crippen LogP contribution in [-0.4, -0.2) is 28.1 Å². The number of carbonyl (C=O) groups excluding carboxylic acids is 1. The summed E-state index contributed by atoms with van der Waals surface area (Å²) >= 11 is 0. The molecule has 0 N–H and O–H groups in total. The average molecular weight is 436 g/mol. The maximum absolute atomic E-state index is 13.1. The molecule has 0 amide bonds. The summed E-state index contributed by atoms with van der Waals surface area (Å²) in [5.41, 5.74) is 1.92. The highest BCUT2D eigenvalue weighted by atomic mass is 16.5. The summed E-state index contributed by atoms with van der Waals surface area (Å²) in [5, 5.41) is 0. The third-order valence-corrected chi connectivity index (χ3v) is 8.64. The summed E-state index contributed by atoms with van der Waals surface area (Å²) in [6.07, 6.45) is 4.02. The second-order valence-corrected chi connectivity index (χ2v) is 9.51. The van der Waals surface area contributed by atoms with Crippen LogP contribution in [0.4, 0.5) is 0 Å². The summed E-state index contributed by atoms with van der Waals surface area (Å²) < 4.78 is 6.35. The molecule has 32 heavy (non-hydrogen) atoms. The lowest BCUT2D eigenvalue weighted by Gasteiger charge is -2.65. The molecule has 3 heteroatoms. The van der Waals surface area contributed by atoms with Gasteiger partial charge < -0.3 is 4.74 Å². The Hall–Kier alpha value is -2.13. The van der Waals surface area contributed by atoms with Gasteiger partial charge in [0.2, 0.25) is 0 Å². The van der Waals surface area contributed by atoms with Crippen molar-refractivity contribution < 1.29 is 9.53 Å². The maximum atomic E-state index is 13.1. The van der Waals surface area contributed by atoms with E-state index < -0.39 is 0 Å². The minimum atomic E-state index is -0.201. The summed E-state index contributed by atoms with van der Waals surface area (Å²) in [7, 11) is 0. The topological polar surface area (TPSA) is 29.5 Å². The summed E-state index contributed by atoms with van der Waals surface area (Å²) in [4.78, 5) is 15.9. The van der Waals surface area contributed by atoms with E-state index >= 15 is 0 Å². The molecule has 0 radical (unpaired) electrons. The number of rotatable bonds is 8. The van der Waals surface area contributed by atoms with E-state index in [2.05, 4.69) is 76.8 Å². The fourth-order valence-electron chi connectivity index (χ4n) is 6.58. The quantitative estimate of drug-likeness (QED) is 0.414. The molecule has 1 saturated heterocycles. The molecule has 2 unspecified atom stereocenters. The molecule has 0 aliphatic carbocycles. The second kappa shape index (κ2) is 10.2. The van der Waals surface area contributed by atoms with Gasteiger partial charge in [0, 0.05) is 29.5 Å². The number of esters is 1. The van der Waals surface area contributed by atoms with Crippen molar-refractivity contribution in [3.8, 4) is 0 Å². The molecule has 2 aromatic carbocycles. The number of hydrogen-bond donors (Lipinski definition) is 0. The number of hydrogen-bond acceptors (Lipinski definition) is 3. The zero-order chi connectivity index (χ0) is 23.4. The van der Waals surface area contributed by atoms with Crippen LogP contribution in [0.3, 0.4) is 0 Å². The molecule has 1 fully saturated rings. The molecule has 2 atom stereocenters. The van der Waals surface area contributed by atoms with E-state index in [4.69, 9.17) is 4.74 Å². The Balaban J connectivity index is 2.05. The lowest BCUT2D eigenvalue weighted by atomic mass is 9.60. The van der Waals surface area contributed by atoms with Crippen molar-refractivity contribution in [2.75, 3.05) is 0 Å². The predicted octanol–water partition coefficient (Wildman–Crippen LogP) is 7.12. The first kappa shape index (κ1) is 24.5. The number of nitrogens with zero attached hydrogens (tertiary/aromatic N) is 1. The molecule has 174 valence electrons. The third kappa shape index (κ3) is 4.12. The number of benzene rings is 2. The Morgan fingerprint density at radius 2 is 1.22 bits per heavy atom. The normalized spacial score (nSPS) is 24.8. The van der Waals surface area contributed by atoms with Crippen LogP contribution in [0, 0.1) is 11.8 Å².